The summed E-state index contributed by atoms with van der Waals surface area (Å²) in [6, 6.07) is 4.77. The molecule has 5 nitrogen and oxygen atoms in total. The van der Waals surface area contributed by atoms with Crippen LogP contribution >= 0.6 is 0 Å². The lowest BCUT2D eigenvalue weighted by atomic mass is 10.1. The molecule has 0 bridgehead atoms. The summed E-state index contributed by atoms with van der Waals surface area (Å²) in [4.78, 5) is 23.2. The topological polar surface area (TPSA) is 78.4 Å². The van der Waals surface area contributed by atoms with Gasteiger partial charge in [0.1, 0.15) is 0 Å². The molecule has 0 spiro atoms. The smallest absolute Gasteiger partial charge is 0.338 e. The van der Waals surface area contributed by atoms with Crippen molar-refractivity contribution < 1.29 is 14.7 Å². The van der Waals surface area contributed by atoms with Gasteiger partial charge in [-0.25, -0.2) is 9.59 Å². The average molecular weight is 278 g/mol. The van der Waals surface area contributed by atoms with Gasteiger partial charge in [0.25, 0.3) is 0 Å². The highest BCUT2D eigenvalue weighted by molar-refractivity contribution is 6.01. The normalized spacial score (nSPS) is 11.8. The van der Waals surface area contributed by atoms with Gasteiger partial charge in [-0.3, -0.25) is 0 Å². The Labute approximate surface area is 119 Å². The Morgan fingerprint density at radius 3 is 2.55 bits per heavy atom. The average Bonchev–Trinajstić information content (AvgIpc) is 2.37. The maximum atomic E-state index is 11.9. The number of amides is 2. The van der Waals surface area contributed by atoms with E-state index in [9.17, 15) is 14.7 Å². The number of carboxylic acid groups (broad SMARTS) is 1. The lowest BCUT2D eigenvalue weighted by Crippen LogP contribution is -2.37. The molecule has 0 aliphatic heterocycles. The SMILES string of the molecule is CCCC(CC)NC(=O)Nc1cccc(C)c1C(=O)O. The first kappa shape index (κ1) is 16.0. The number of carboxylic acids is 1. The second kappa shape index (κ2) is 7.53. The van der Waals surface area contributed by atoms with Crippen LogP contribution in [-0.4, -0.2) is 23.1 Å². The lowest BCUT2D eigenvalue weighted by Gasteiger charge is -2.17. The van der Waals surface area contributed by atoms with Crippen molar-refractivity contribution in [3.63, 3.8) is 0 Å². The van der Waals surface area contributed by atoms with Crippen molar-refractivity contribution in [2.45, 2.75) is 46.1 Å². The van der Waals surface area contributed by atoms with Crippen molar-refractivity contribution >= 4 is 17.7 Å². The molecule has 0 saturated heterocycles. The molecule has 20 heavy (non-hydrogen) atoms. The first-order chi connectivity index (χ1) is 9.49. The van der Waals surface area contributed by atoms with Crippen molar-refractivity contribution in [2.24, 2.45) is 0 Å². The number of rotatable bonds is 6. The minimum atomic E-state index is -1.04. The minimum Gasteiger partial charge on any atom is -0.478 e. The Kier molecular flexibility index (Phi) is 6.03. The standard InChI is InChI=1S/C15H22N2O3/c1-4-7-11(5-2)16-15(20)17-12-9-6-8-10(3)13(12)14(18)19/h6,8-9,11H,4-5,7H2,1-3H3,(H,18,19)(H2,16,17,20). The van der Waals surface area contributed by atoms with Gasteiger partial charge in [0.15, 0.2) is 0 Å². The summed E-state index contributed by atoms with van der Waals surface area (Å²) in [7, 11) is 0. The molecule has 5 heteroatoms. The Morgan fingerprint density at radius 1 is 1.30 bits per heavy atom. The molecule has 110 valence electrons. The molecule has 1 atom stereocenters. The number of carbonyl (C=O) groups excluding carboxylic acids is 1. The van der Waals surface area contributed by atoms with Crippen LogP contribution in [-0.2, 0) is 0 Å². The molecule has 0 aliphatic rings. The van der Waals surface area contributed by atoms with Gasteiger partial charge in [-0.1, -0.05) is 32.4 Å². The van der Waals surface area contributed by atoms with Crippen LogP contribution in [0, 0.1) is 6.92 Å². The summed E-state index contributed by atoms with van der Waals surface area (Å²) in [5.74, 6) is -1.04. The van der Waals surface area contributed by atoms with Crippen molar-refractivity contribution in [3.05, 3.63) is 29.3 Å². The number of urea groups is 1. The summed E-state index contributed by atoms with van der Waals surface area (Å²) in [5, 5.41) is 14.7. The van der Waals surface area contributed by atoms with Gasteiger partial charge >= 0.3 is 12.0 Å². The molecule has 0 heterocycles. The Hall–Kier alpha value is -2.04. The molecule has 1 rings (SSSR count). The number of benzene rings is 1. The molecular weight excluding hydrogens is 256 g/mol. The Balaban J connectivity index is 2.80. The summed E-state index contributed by atoms with van der Waals surface area (Å²) < 4.78 is 0. The summed E-state index contributed by atoms with van der Waals surface area (Å²) in [6.45, 7) is 5.78. The van der Waals surface area contributed by atoms with Gasteiger partial charge in [-0.2, -0.15) is 0 Å². The van der Waals surface area contributed by atoms with Crippen molar-refractivity contribution in [1.82, 2.24) is 5.32 Å². The quantitative estimate of drug-likeness (QED) is 0.746. The molecule has 0 fully saturated rings. The van der Waals surface area contributed by atoms with Gasteiger partial charge in [0.05, 0.1) is 11.3 Å². The summed E-state index contributed by atoms with van der Waals surface area (Å²) in [6.07, 6.45) is 2.74. The van der Waals surface area contributed by atoms with Gasteiger partial charge in [-0.15, -0.1) is 0 Å². The molecule has 1 unspecified atom stereocenters. The lowest BCUT2D eigenvalue weighted by molar-refractivity contribution is 0.0697. The van der Waals surface area contributed by atoms with Crippen LogP contribution in [0.5, 0.6) is 0 Å². The number of aryl methyl sites for hydroxylation is 1. The molecule has 0 radical (unpaired) electrons. The minimum absolute atomic E-state index is 0.109. The first-order valence-electron chi connectivity index (χ1n) is 6.90. The van der Waals surface area contributed by atoms with Crippen LogP contribution in [0.2, 0.25) is 0 Å². The van der Waals surface area contributed by atoms with E-state index in [1.807, 2.05) is 6.92 Å². The van der Waals surface area contributed by atoms with Crippen molar-refractivity contribution in [2.75, 3.05) is 5.32 Å². The number of anilines is 1. The molecule has 3 N–H and O–H groups in total. The predicted octanol–water partition coefficient (Wildman–Crippen LogP) is 3.39. The number of hydrogen-bond donors (Lipinski definition) is 3. The molecule has 1 aromatic carbocycles. The number of nitrogens with one attached hydrogen (secondary N) is 2. The number of hydrogen-bond acceptors (Lipinski definition) is 2. The van der Waals surface area contributed by atoms with Crippen LogP contribution in [0.25, 0.3) is 0 Å². The van der Waals surface area contributed by atoms with Gasteiger partial charge in [-0.05, 0) is 31.4 Å². The summed E-state index contributed by atoms with van der Waals surface area (Å²) >= 11 is 0. The summed E-state index contributed by atoms with van der Waals surface area (Å²) in [5.41, 5.74) is 1.07. The highest BCUT2D eigenvalue weighted by atomic mass is 16.4. The molecular formula is C15H22N2O3. The van der Waals surface area contributed by atoms with Crippen LogP contribution in [0.3, 0.4) is 0 Å². The monoisotopic (exact) mass is 278 g/mol. The molecule has 1 aromatic rings. The third-order valence-electron chi connectivity index (χ3n) is 3.20. The van der Waals surface area contributed by atoms with Gasteiger partial charge < -0.3 is 15.7 Å². The van der Waals surface area contributed by atoms with E-state index < -0.39 is 5.97 Å². The van der Waals surface area contributed by atoms with E-state index in [0.29, 0.717) is 11.3 Å². The van der Waals surface area contributed by atoms with E-state index in [1.165, 1.54) is 0 Å². The first-order valence-corrected chi connectivity index (χ1v) is 6.90. The van der Waals surface area contributed by atoms with E-state index in [1.54, 1.807) is 25.1 Å². The van der Waals surface area contributed by atoms with Gasteiger partial charge in [0.2, 0.25) is 0 Å². The molecule has 0 aliphatic carbocycles. The highest BCUT2D eigenvalue weighted by Crippen LogP contribution is 2.19. The second-order valence-corrected chi connectivity index (χ2v) is 4.79. The number of aromatic carboxylic acids is 1. The Bertz CT molecular complexity index is 486. The molecule has 2 amide bonds. The highest BCUT2D eigenvalue weighted by Gasteiger charge is 2.16. The van der Waals surface area contributed by atoms with Crippen LogP contribution in [0.1, 0.15) is 49.0 Å². The fourth-order valence-corrected chi connectivity index (χ4v) is 2.13. The van der Waals surface area contributed by atoms with E-state index in [4.69, 9.17) is 0 Å². The van der Waals surface area contributed by atoms with E-state index >= 15 is 0 Å². The fraction of sp³-hybridized carbons (Fsp3) is 0.467. The number of carbonyl (C=O) groups is 2. The molecule has 0 aromatic heterocycles. The van der Waals surface area contributed by atoms with Crippen LogP contribution in [0.4, 0.5) is 10.5 Å². The third kappa shape index (κ3) is 4.26. The predicted molar refractivity (Wildman–Crippen MR) is 79.3 cm³/mol. The largest absolute Gasteiger partial charge is 0.478 e. The maximum absolute atomic E-state index is 11.9. The maximum Gasteiger partial charge on any atom is 0.338 e. The van der Waals surface area contributed by atoms with E-state index in [2.05, 4.69) is 17.6 Å². The van der Waals surface area contributed by atoms with Gasteiger partial charge in [0, 0.05) is 6.04 Å². The molecule has 0 saturated carbocycles. The van der Waals surface area contributed by atoms with Crippen LogP contribution < -0.4 is 10.6 Å². The van der Waals surface area contributed by atoms with E-state index in [-0.39, 0.29) is 17.6 Å². The second-order valence-electron chi connectivity index (χ2n) is 4.79. The fourth-order valence-electron chi connectivity index (χ4n) is 2.13. The zero-order valence-electron chi connectivity index (χ0n) is 12.2. The Morgan fingerprint density at radius 2 is 2.00 bits per heavy atom. The van der Waals surface area contributed by atoms with Crippen molar-refractivity contribution in [1.29, 1.82) is 0 Å². The third-order valence-corrected chi connectivity index (χ3v) is 3.20. The zero-order chi connectivity index (χ0) is 15.1. The zero-order valence-corrected chi connectivity index (χ0v) is 12.2. The van der Waals surface area contributed by atoms with Crippen LogP contribution in [0.15, 0.2) is 18.2 Å². The van der Waals surface area contributed by atoms with Crippen molar-refractivity contribution in [3.8, 4) is 0 Å². The van der Waals surface area contributed by atoms with E-state index in [0.717, 1.165) is 19.3 Å².